The van der Waals surface area contributed by atoms with Crippen molar-refractivity contribution < 1.29 is 8.42 Å². The van der Waals surface area contributed by atoms with Gasteiger partial charge < -0.3 is 5.73 Å². The number of rotatable bonds is 3. The summed E-state index contributed by atoms with van der Waals surface area (Å²) in [5, 5.41) is 0. The van der Waals surface area contributed by atoms with Crippen LogP contribution in [0.2, 0.25) is 0 Å². The monoisotopic (exact) mass is 288 g/mol. The van der Waals surface area contributed by atoms with E-state index in [1.807, 2.05) is 19.9 Å². The third-order valence-corrected chi connectivity index (χ3v) is 6.64. The van der Waals surface area contributed by atoms with Gasteiger partial charge in [0.2, 0.25) is 0 Å². The molecule has 0 bridgehead atoms. The van der Waals surface area contributed by atoms with E-state index in [0.29, 0.717) is 4.21 Å². The number of sulfonamides is 1. The second-order valence-corrected chi connectivity index (χ2v) is 8.17. The minimum Gasteiger partial charge on any atom is -0.326 e. The number of aryl methyl sites for hydroxylation is 2. The van der Waals surface area contributed by atoms with Gasteiger partial charge in [-0.3, -0.25) is 0 Å². The molecule has 3 N–H and O–H groups in total. The van der Waals surface area contributed by atoms with Crippen molar-refractivity contribution in [3.63, 3.8) is 0 Å². The molecule has 2 rings (SSSR count). The van der Waals surface area contributed by atoms with Gasteiger partial charge in [-0.1, -0.05) is 12.8 Å². The van der Waals surface area contributed by atoms with Crippen LogP contribution >= 0.6 is 11.3 Å². The summed E-state index contributed by atoms with van der Waals surface area (Å²) >= 11 is 1.32. The minimum absolute atomic E-state index is 0.0603. The highest BCUT2D eigenvalue weighted by Gasteiger charge is 2.28. The molecule has 1 heterocycles. The zero-order valence-electron chi connectivity index (χ0n) is 10.8. The fourth-order valence-electron chi connectivity index (χ4n) is 2.45. The van der Waals surface area contributed by atoms with Crippen molar-refractivity contribution in [2.75, 3.05) is 0 Å². The molecular weight excluding hydrogens is 268 g/mol. The Kier molecular flexibility index (Phi) is 4.11. The number of nitrogens with one attached hydrogen (secondary N) is 1. The molecular formula is C12H20N2O2S2. The van der Waals surface area contributed by atoms with Crippen molar-refractivity contribution in [3.8, 4) is 0 Å². The molecule has 0 aliphatic heterocycles. The van der Waals surface area contributed by atoms with Crippen LogP contribution in [-0.2, 0) is 10.0 Å². The summed E-state index contributed by atoms with van der Waals surface area (Å²) in [6.07, 6.45) is 3.87. The van der Waals surface area contributed by atoms with Gasteiger partial charge in [0, 0.05) is 17.0 Å². The minimum atomic E-state index is -3.41. The molecule has 0 spiro atoms. The molecule has 1 saturated carbocycles. The SMILES string of the molecule is Cc1cc(C)c(S(=O)(=O)N[C@@H]2CCCC[C@H]2N)s1. The molecule has 0 saturated heterocycles. The van der Waals surface area contributed by atoms with Gasteiger partial charge in [0.25, 0.3) is 10.0 Å². The molecule has 2 atom stereocenters. The van der Waals surface area contributed by atoms with Crippen LogP contribution < -0.4 is 10.5 Å². The highest BCUT2D eigenvalue weighted by molar-refractivity contribution is 7.91. The van der Waals surface area contributed by atoms with Gasteiger partial charge in [-0.2, -0.15) is 0 Å². The van der Waals surface area contributed by atoms with Gasteiger partial charge >= 0.3 is 0 Å². The zero-order valence-corrected chi connectivity index (χ0v) is 12.4. The van der Waals surface area contributed by atoms with Crippen molar-refractivity contribution in [2.45, 2.75) is 55.8 Å². The lowest BCUT2D eigenvalue weighted by molar-refractivity contribution is 0.361. The van der Waals surface area contributed by atoms with Gasteiger partial charge in [-0.15, -0.1) is 11.3 Å². The number of nitrogens with two attached hydrogens (primary N) is 1. The lowest BCUT2D eigenvalue weighted by Crippen LogP contribution is -2.49. The molecule has 1 fully saturated rings. The Morgan fingerprint density at radius 3 is 2.56 bits per heavy atom. The Bertz CT molecular complexity index is 522. The van der Waals surface area contributed by atoms with E-state index in [1.54, 1.807) is 0 Å². The van der Waals surface area contributed by atoms with Crippen molar-refractivity contribution >= 4 is 21.4 Å². The first-order valence-electron chi connectivity index (χ1n) is 6.25. The van der Waals surface area contributed by atoms with Gasteiger partial charge in [-0.25, -0.2) is 13.1 Å². The first-order valence-corrected chi connectivity index (χ1v) is 8.55. The van der Waals surface area contributed by atoms with E-state index < -0.39 is 10.0 Å². The van der Waals surface area contributed by atoms with E-state index in [2.05, 4.69) is 4.72 Å². The maximum Gasteiger partial charge on any atom is 0.250 e. The van der Waals surface area contributed by atoms with Gasteiger partial charge in [0.1, 0.15) is 4.21 Å². The molecule has 102 valence electrons. The van der Waals surface area contributed by atoms with Crippen LogP contribution in [0.4, 0.5) is 0 Å². The quantitative estimate of drug-likeness (QED) is 0.892. The molecule has 0 aromatic carbocycles. The van der Waals surface area contributed by atoms with E-state index in [0.717, 1.165) is 36.1 Å². The second kappa shape index (κ2) is 5.28. The summed E-state index contributed by atoms with van der Waals surface area (Å²) in [6, 6.07) is 1.72. The topological polar surface area (TPSA) is 72.2 Å². The van der Waals surface area contributed by atoms with Crippen LogP contribution in [0.25, 0.3) is 0 Å². The molecule has 4 nitrogen and oxygen atoms in total. The molecule has 1 aliphatic rings. The van der Waals surface area contributed by atoms with E-state index >= 15 is 0 Å². The predicted octanol–water partition coefficient (Wildman–Crippen LogP) is 1.91. The molecule has 1 aromatic rings. The van der Waals surface area contributed by atoms with Crippen LogP contribution in [0.3, 0.4) is 0 Å². The van der Waals surface area contributed by atoms with Crippen molar-refractivity contribution in [2.24, 2.45) is 5.73 Å². The van der Waals surface area contributed by atoms with Crippen LogP contribution in [0.5, 0.6) is 0 Å². The number of hydrogen-bond donors (Lipinski definition) is 2. The molecule has 18 heavy (non-hydrogen) atoms. The first kappa shape index (κ1) is 14.0. The van der Waals surface area contributed by atoms with Crippen LogP contribution in [0.1, 0.15) is 36.1 Å². The lowest BCUT2D eigenvalue weighted by atomic mass is 9.92. The second-order valence-electron chi connectivity index (χ2n) is 5.00. The summed E-state index contributed by atoms with van der Waals surface area (Å²) in [5.41, 5.74) is 6.80. The van der Waals surface area contributed by atoms with Crippen LogP contribution in [0.15, 0.2) is 10.3 Å². The Hall–Kier alpha value is -0.430. The zero-order chi connectivity index (χ0) is 13.3. The number of thiophene rings is 1. The first-order chi connectivity index (χ1) is 8.40. The lowest BCUT2D eigenvalue weighted by Gasteiger charge is -2.28. The fraction of sp³-hybridized carbons (Fsp3) is 0.667. The van der Waals surface area contributed by atoms with Crippen molar-refractivity contribution in [3.05, 3.63) is 16.5 Å². The Labute approximate surface area is 113 Å². The highest BCUT2D eigenvalue weighted by atomic mass is 32.2. The molecule has 6 heteroatoms. The molecule has 1 aromatic heterocycles. The molecule has 0 unspecified atom stereocenters. The van der Waals surface area contributed by atoms with Crippen molar-refractivity contribution in [1.82, 2.24) is 4.72 Å². The molecule has 0 amide bonds. The van der Waals surface area contributed by atoms with E-state index in [-0.39, 0.29) is 12.1 Å². The fourth-order valence-corrected chi connectivity index (χ4v) is 5.45. The van der Waals surface area contributed by atoms with Crippen LogP contribution in [-0.4, -0.2) is 20.5 Å². The van der Waals surface area contributed by atoms with E-state index in [4.69, 9.17) is 5.73 Å². The van der Waals surface area contributed by atoms with Crippen LogP contribution in [0, 0.1) is 13.8 Å². The normalized spacial score (nSPS) is 25.3. The highest BCUT2D eigenvalue weighted by Crippen LogP contribution is 2.27. The smallest absolute Gasteiger partial charge is 0.250 e. The van der Waals surface area contributed by atoms with Crippen molar-refractivity contribution in [1.29, 1.82) is 0 Å². The summed E-state index contributed by atoms with van der Waals surface area (Å²) in [4.78, 5) is 1.01. The average molecular weight is 288 g/mol. The van der Waals surface area contributed by atoms with Gasteiger partial charge in [0.05, 0.1) is 0 Å². The largest absolute Gasteiger partial charge is 0.326 e. The maximum absolute atomic E-state index is 12.3. The predicted molar refractivity (Wildman–Crippen MR) is 74.3 cm³/mol. The summed E-state index contributed by atoms with van der Waals surface area (Å²) in [5.74, 6) is 0. The third-order valence-electron chi connectivity index (χ3n) is 3.37. The standard InChI is InChI=1S/C12H20N2O2S2/c1-8-7-9(2)17-12(8)18(15,16)14-11-6-4-3-5-10(11)13/h7,10-11,14H,3-6,13H2,1-2H3/t10-,11-/m1/s1. The molecule has 1 aliphatic carbocycles. The number of hydrogen-bond acceptors (Lipinski definition) is 4. The summed E-state index contributed by atoms with van der Waals surface area (Å²) < 4.78 is 27.8. The Morgan fingerprint density at radius 1 is 1.33 bits per heavy atom. The van der Waals surface area contributed by atoms with Gasteiger partial charge in [0.15, 0.2) is 0 Å². The maximum atomic E-state index is 12.3. The third kappa shape index (κ3) is 2.93. The molecule has 0 radical (unpaired) electrons. The van der Waals surface area contributed by atoms with E-state index in [9.17, 15) is 8.42 Å². The van der Waals surface area contributed by atoms with E-state index in [1.165, 1.54) is 11.3 Å². The Morgan fingerprint density at radius 2 is 2.00 bits per heavy atom. The Balaban J connectivity index is 2.19. The summed E-state index contributed by atoms with van der Waals surface area (Å²) in [6.45, 7) is 3.75. The average Bonchev–Trinajstić information content (AvgIpc) is 2.62. The summed E-state index contributed by atoms with van der Waals surface area (Å²) in [7, 11) is -3.41. The van der Waals surface area contributed by atoms with Gasteiger partial charge in [-0.05, 0) is 38.3 Å².